The number of nitrogens with zero attached hydrogens (tertiary/aromatic N) is 2. The number of hydrogen-bond acceptors (Lipinski definition) is 2. The Kier molecular flexibility index (Phi) is 4.46. The van der Waals surface area contributed by atoms with Crippen molar-refractivity contribution in [2.75, 3.05) is 19.0 Å². The summed E-state index contributed by atoms with van der Waals surface area (Å²) in [6.45, 7) is 0. The number of benzene rings is 2. The van der Waals surface area contributed by atoms with Gasteiger partial charge in [0, 0.05) is 36.0 Å². The first kappa shape index (κ1) is 13.9. The predicted molar refractivity (Wildman–Crippen MR) is 84.5 cm³/mol. The normalized spacial score (nSPS) is 10.9. The maximum atomic E-state index is 5.92. The molecule has 2 aromatic rings. The number of aliphatic imine (C=N–C) groups is 1. The van der Waals surface area contributed by atoms with Crippen LogP contribution < -0.4 is 4.90 Å². The van der Waals surface area contributed by atoms with Gasteiger partial charge in [-0.1, -0.05) is 35.3 Å². The molecule has 2 rings (SSSR count). The highest BCUT2D eigenvalue weighted by molar-refractivity contribution is 6.35. The van der Waals surface area contributed by atoms with Crippen molar-refractivity contribution in [3.05, 3.63) is 58.1 Å². The lowest BCUT2D eigenvalue weighted by atomic mass is 10.2. The van der Waals surface area contributed by atoms with Crippen LogP contribution in [0.15, 0.2) is 47.5 Å². The Bertz CT molecular complexity index is 569. The molecule has 0 N–H and O–H groups in total. The summed E-state index contributed by atoms with van der Waals surface area (Å²) in [5.41, 5.74) is 2.93. The van der Waals surface area contributed by atoms with Crippen molar-refractivity contribution in [3.8, 4) is 0 Å². The smallest absolute Gasteiger partial charge is 0.0659 e. The van der Waals surface area contributed by atoms with E-state index in [-0.39, 0.29) is 0 Å². The van der Waals surface area contributed by atoms with Gasteiger partial charge in [0.05, 0.1) is 5.69 Å². The van der Waals surface area contributed by atoms with E-state index >= 15 is 0 Å². The Balaban J connectivity index is 2.17. The van der Waals surface area contributed by atoms with E-state index in [4.69, 9.17) is 23.2 Å². The monoisotopic (exact) mass is 292 g/mol. The second kappa shape index (κ2) is 6.09. The van der Waals surface area contributed by atoms with Gasteiger partial charge in [0.15, 0.2) is 0 Å². The Morgan fingerprint density at radius 2 is 1.53 bits per heavy atom. The van der Waals surface area contributed by atoms with Crippen LogP contribution >= 0.6 is 23.2 Å². The molecule has 0 aliphatic rings. The highest BCUT2D eigenvalue weighted by atomic mass is 35.5. The van der Waals surface area contributed by atoms with Crippen LogP contribution in [0.3, 0.4) is 0 Å². The van der Waals surface area contributed by atoms with Crippen LogP contribution in [0, 0.1) is 0 Å². The van der Waals surface area contributed by atoms with Gasteiger partial charge in [0.1, 0.15) is 0 Å². The molecule has 19 heavy (non-hydrogen) atoms. The van der Waals surface area contributed by atoms with Crippen molar-refractivity contribution in [1.29, 1.82) is 0 Å². The Morgan fingerprint density at radius 1 is 0.947 bits per heavy atom. The van der Waals surface area contributed by atoms with E-state index in [2.05, 4.69) is 9.89 Å². The summed E-state index contributed by atoms with van der Waals surface area (Å²) < 4.78 is 0. The lowest BCUT2D eigenvalue weighted by Gasteiger charge is -2.11. The van der Waals surface area contributed by atoms with Gasteiger partial charge < -0.3 is 4.90 Å². The third-order valence-electron chi connectivity index (χ3n) is 2.62. The average Bonchev–Trinajstić information content (AvgIpc) is 2.36. The van der Waals surface area contributed by atoms with Gasteiger partial charge in [-0.2, -0.15) is 0 Å². The van der Waals surface area contributed by atoms with Crippen LogP contribution in [-0.2, 0) is 0 Å². The largest absolute Gasteiger partial charge is 0.378 e. The van der Waals surface area contributed by atoms with E-state index < -0.39 is 0 Å². The van der Waals surface area contributed by atoms with E-state index in [9.17, 15) is 0 Å². The molecular formula is C15H14Cl2N2. The summed E-state index contributed by atoms with van der Waals surface area (Å²) in [5.74, 6) is 0. The molecule has 0 aliphatic carbocycles. The highest BCUT2D eigenvalue weighted by Crippen LogP contribution is 2.24. The lowest BCUT2D eigenvalue weighted by Crippen LogP contribution is -2.08. The van der Waals surface area contributed by atoms with Gasteiger partial charge in [-0.15, -0.1) is 0 Å². The third-order valence-corrected chi connectivity index (χ3v) is 3.06. The SMILES string of the molecule is CN(C)c1ccc(C=Nc2cc(Cl)cc(Cl)c2)cc1. The molecule has 0 saturated carbocycles. The van der Waals surface area contributed by atoms with Gasteiger partial charge in [-0.05, 0) is 35.9 Å². The second-order valence-electron chi connectivity index (χ2n) is 4.37. The van der Waals surface area contributed by atoms with Crippen LogP contribution in [-0.4, -0.2) is 20.3 Å². The topological polar surface area (TPSA) is 15.6 Å². The van der Waals surface area contributed by atoms with E-state index in [0.29, 0.717) is 10.0 Å². The van der Waals surface area contributed by atoms with Crippen molar-refractivity contribution >= 4 is 40.8 Å². The standard InChI is InChI=1S/C15H14Cl2N2/c1-19(2)15-5-3-11(4-6-15)10-18-14-8-12(16)7-13(17)9-14/h3-10H,1-2H3. The Labute approximate surface area is 123 Å². The minimum absolute atomic E-state index is 0.586. The summed E-state index contributed by atoms with van der Waals surface area (Å²) >= 11 is 11.8. The zero-order chi connectivity index (χ0) is 13.8. The van der Waals surface area contributed by atoms with Crippen LogP contribution in [0.1, 0.15) is 5.56 Å². The fourth-order valence-electron chi connectivity index (χ4n) is 1.62. The summed E-state index contributed by atoms with van der Waals surface area (Å²) in [4.78, 5) is 6.42. The first-order valence-electron chi connectivity index (χ1n) is 5.82. The van der Waals surface area contributed by atoms with Crippen LogP contribution in [0.4, 0.5) is 11.4 Å². The molecule has 4 heteroatoms. The van der Waals surface area contributed by atoms with Crippen molar-refractivity contribution in [3.63, 3.8) is 0 Å². The van der Waals surface area contributed by atoms with Crippen molar-refractivity contribution in [2.24, 2.45) is 4.99 Å². The summed E-state index contributed by atoms with van der Waals surface area (Å²) in [5, 5.41) is 1.17. The molecular weight excluding hydrogens is 279 g/mol. The highest BCUT2D eigenvalue weighted by Gasteiger charge is 1.97. The molecule has 0 heterocycles. The van der Waals surface area contributed by atoms with Gasteiger partial charge in [0.25, 0.3) is 0 Å². The molecule has 0 unspecified atom stereocenters. The third kappa shape index (κ3) is 3.98. The van der Waals surface area contributed by atoms with Gasteiger partial charge >= 0.3 is 0 Å². The van der Waals surface area contributed by atoms with Crippen molar-refractivity contribution < 1.29 is 0 Å². The van der Waals surface area contributed by atoms with E-state index in [1.165, 1.54) is 0 Å². The minimum atomic E-state index is 0.586. The van der Waals surface area contributed by atoms with E-state index in [0.717, 1.165) is 16.9 Å². The summed E-state index contributed by atoms with van der Waals surface area (Å²) in [6.07, 6.45) is 1.79. The molecule has 0 bridgehead atoms. The number of anilines is 1. The zero-order valence-electron chi connectivity index (χ0n) is 10.8. The van der Waals surface area contributed by atoms with Gasteiger partial charge in [-0.3, -0.25) is 4.99 Å². The Hall–Kier alpha value is -1.51. The van der Waals surface area contributed by atoms with Crippen molar-refractivity contribution in [1.82, 2.24) is 0 Å². The second-order valence-corrected chi connectivity index (χ2v) is 5.24. The summed E-state index contributed by atoms with van der Waals surface area (Å²) in [6, 6.07) is 13.4. The molecule has 0 aromatic heterocycles. The molecule has 0 saturated heterocycles. The molecule has 0 radical (unpaired) electrons. The number of rotatable bonds is 3. The fourth-order valence-corrected chi connectivity index (χ4v) is 2.14. The quantitative estimate of drug-likeness (QED) is 0.741. The van der Waals surface area contributed by atoms with Crippen LogP contribution in [0.2, 0.25) is 10.0 Å². The molecule has 0 spiro atoms. The van der Waals surface area contributed by atoms with Gasteiger partial charge in [-0.25, -0.2) is 0 Å². The fraction of sp³-hybridized carbons (Fsp3) is 0.133. The Morgan fingerprint density at radius 3 is 2.05 bits per heavy atom. The minimum Gasteiger partial charge on any atom is -0.378 e. The molecule has 0 fully saturated rings. The number of hydrogen-bond donors (Lipinski definition) is 0. The molecule has 2 nitrogen and oxygen atoms in total. The average molecular weight is 293 g/mol. The zero-order valence-corrected chi connectivity index (χ0v) is 12.3. The first-order valence-corrected chi connectivity index (χ1v) is 6.58. The van der Waals surface area contributed by atoms with Crippen molar-refractivity contribution in [2.45, 2.75) is 0 Å². The van der Waals surface area contributed by atoms with Gasteiger partial charge in [0.2, 0.25) is 0 Å². The maximum absolute atomic E-state index is 5.92. The molecule has 0 aliphatic heterocycles. The van der Waals surface area contributed by atoms with E-state index in [1.807, 2.05) is 38.4 Å². The van der Waals surface area contributed by atoms with Crippen LogP contribution in [0.5, 0.6) is 0 Å². The van der Waals surface area contributed by atoms with Crippen LogP contribution in [0.25, 0.3) is 0 Å². The molecule has 0 amide bonds. The molecule has 98 valence electrons. The lowest BCUT2D eigenvalue weighted by molar-refractivity contribution is 1.13. The first-order chi connectivity index (χ1) is 9.04. The molecule has 2 aromatic carbocycles. The predicted octanol–water partition coefficient (Wildman–Crippen LogP) is 4.81. The summed E-state index contributed by atoms with van der Waals surface area (Å²) in [7, 11) is 4.02. The number of halogens is 2. The molecule has 0 atom stereocenters. The van der Waals surface area contributed by atoms with E-state index in [1.54, 1.807) is 24.4 Å². The maximum Gasteiger partial charge on any atom is 0.0659 e.